The van der Waals surface area contributed by atoms with Crippen molar-refractivity contribution in [2.75, 3.05) is 38.5 Å². The highest BCUT2D eigenvalue weighted by molar-refractivity contribution is 5.93. The van der Waals surface area contributed by atoms with Gasteiger partial charge in [-0.15, -0.1) is 0 Å². The minimum absolute atomic E-state index is 0.0228. The Kier molecular flexibility index (Phi) is 5.28. The number of aromatic nitrogens is 2. The van der Waals surface area contributed by atoms with E-state index < -0.39 is 0 Å². The fraction of sp³-hybridized carbons (Fsp3) is 0.421. The predicted octanol–water partition coefficient (Wildman–Crippen LogP) is 2.48. The fourth-order valence-electron chi connectivity index (χ4n) is 3.00. The number of nitrogens with zero attached hydrogens (tertiary/aromatic N) is 4. The van der Waals surface area contributed by atoms with Gasteiger partial charge in [-0.2, -0.15) is 0 Å². The van der Waals surface area contributed by atoms with Crippen molar-refractivity contribution in [1.29, 1.82) is 0 Å². The second-order valence-corrected chi connectivity index (χ2v) is 6.42. The third-order valence-corrected chi connectivity index (χ3v) is 4.51. The van der Waals surface area contributed by atoms with E-state index in [1.807, 2.05) is 30.0 Å². The van der Waals surface area contributed by atoms with Crippen LogP contribution in [0.1, 0.15) is 28.8 Å². The lowest BCUT2D eigenvalue weighted by atomic mass is 10.1. The summed E-state index contributed by atoms with van der Waals surface area (Å²) in [6.45, 7) is 7.20. The molecule has 1 aliphatic rings. The maximum absolute atomic E-state index is 12.8. The van der Waals surface area contributed by atoms with Gasteiger partial charge < -0.3 is 15.1 Å². The maximum atomic E-state index is 12.8. The number of amides is 1. The van der Waals surface area contributed by atoms with Gasteiger partial charge in [-0.3, -0.25) is 4.79 Å². The van der Waals surface area contributed by atoms with Crippen LogP contribution < -0.4 is 5.32 Å². The Morgan fingerprint density at radius 2 is 1.88 bits per heavy atom. The summed E-state index contributed by atoms with van der Waals surface area (Å²) >= 11 is 0. The zero-order valence-corrected chi connectivity index (χ0v) is 15.1. The molecule has 2 aromatic rings. The van der Waals surface area contributed by atoms with E-state index in [-0.39, 0.29) is 5.91 Å². The van der Waals surface area contributed by atoms with Crippen LogP contribution in [-0.4, -0.2) is 58.9 Å². The number of anilines is 2. The molecule has 0 radical (unpaired) electrons. The van der Waals surface area contributed by atoms with Gasteiger partial charge in [0.1, 0.15) is 17.3 Å². The van der Waals surface area contributed by atoms with Gasteiger partial charge in [0.15, 0.2) is 0 Å². The molecule has 2 heterocycles. The van der Waals surface area contributed by atoms with Crippen LogP contribution >= 0.6 is 0 Å². The van der Waals surface area contributed by atoms with Crippen molar-refractivity contribution in [2.45, 2.75) is 20.3 Å². The summed E-state index contributed by atoms with van der Waals surface area (Å²) in [4.78, 5) is 25.7. The Balaban J connectivity index is 1.82. The topological polar surface area (TPSA) is 61.4 Å². The summed E-state index contributed by atoms with van der Waals surface area (Å²) in [5, 5.41) is 3.34. The lowest BCUT2D eigenvalue weighted by Gasteiger charge is -2.32. The van der Waals surface area contributed by atoms with Gasteiger partial charge in [0.05, 0.1) is 0 Å². The van der Waals surface area contributed by atoms with Gasteiger partial charge in [-0.05, 0) is 32.0 Å². The van der Waals surface area contributed by atoms with E-state index in [0.29, 0.717) is 17.3 Å². The van der Waals surface area contributed by atoms with Gasteiger partial charge in [0, 0.05) is 37.9 Å². The number of carbonyl (C=O) groups is 1. The first kappa shape index (κ1) is 17.4. The number of benzene rings is 1. The van der Waals surface area contributed by atoms with Crippen LogP contribution in [0, 0.1) is 6.92 Å². The summed E-state index contributed by atoms with van der Waals surface area (Å²) in [5.41, 5.74) is 2.68. The molecule has 1 saturated heterocycles. The lowest BCUT2D eigenvalue weighted by Crippen LogP contribution is -2.47. The zero-order chi connectivity index (χ0) is 17.8. The molecule has 1 aromatic heterocycles. The largest absolute Gasteiger partial charge is 0.340 e. The molecule has 25 heavy (non-hydrogen) atoms. The fourth-order valence-corrected chi connectivity index (χ4v) is 3.00. The molecule has 3 rings (SSSR count). The smallest absolute Gasteiger partial charge is 0.272 e. The van der Waals surface area contributed by atoms with Crippen LogP contribution in [0.15, 0.2) is 30.3 Å². The number of hydrogen-bond acceptors (Lipinski definition) is 5. The minimum atomic E-state index is -0.0228. The molecule has 1 N–H and O–H groups in total. The molecule has 0 spiro atoms. The van der Waals surface area contributed by atoms with Crippen LogP contribution in [0.25, 0.3) is 0 Å². The summed E-state index contributed by atoms with van der Waals surface area (Å²) in [6.07, 6.45) is 0.931. The van der Waals surface area contributed by atoms with Crippen LogP contribution in [-0.2, 0) is 6.42 Å². The minimum Gasteiger partial charge on any atom is -0.340 e. The van der Waals surface area contributed by atoms with Crippen molar-refractivity contribution in [1.82, 2.24) is 19.8 Å². The molecule has 0 unspecified atom stereocenters. The standard InChI is InChI=1S/C19H25N5O/c1-4-15-7-5-6-8-16(15)22-18-13-17(20-14(2)21-18)19(25)24-11-9-23(3)10-12-24/h5-8,13H,4,9-12H2,1-3H3,(H,20,21,22). The first-order chi connectivity index (χ1) is 12.1. The Hall–Kier alpha value is -2.47. The molecule has 0 aliphatic carbocycles. The van der Waals surface area contributed by atoms with Gasteiger partial charge in [-0.1, -0.05) is 25.1 Å². The summed E-state index contributed by atoms with van der Waals surface area (Å²) < 4.78 is 0. The second-order valence-electron chi connectivity index (χ2n) is 6.42. The summed E-state index contributed by atoms with van der Waals surface area (Å²) in [7, 11) is 2.07. The first-order valence-corrected chi connectivity index (χ1v) is 8.75. The predicted molar refractivity (Wildman–Crippen MR) is 99.3 cm³/mol. The van der Waals surface area contributed by atoms with Crippen molar-refractivity contribution >= 4 is 17.4 Å². The van der Waals surface area contributed by atoms with Crippen LogP contribution in [0.5, 0.6) is 0 Å². The Bertz CT molecular complexity index is 753. The molecule has 6 nitrogen and oxygen atoms in total. The number of para-hydroxylation sites is 1. The van der Waals surface area contributed by atoms with E-state index in [4.69, 9.17) is 0 Å². The van der Waals surface area contributed by atoms with Crippen LogP contribution in [0.3, 0.4) is 0 Å². The quantitative estimate of drug-likeness (QED) is 0.927. The van der Waals surface area contributed by atoms with E-state index in [9.17, 15) is 4.79 Å². The molecular weight excluding hydrogens is 314 g/mol. The van der Waals surface area contributed by atoms with E-state index >= 15 is 0 Å². The van der Waals surface area contributed by atoms with Gasteiger partial charge >= 0.3 is 0 Å². The van der Waals surface area contributed by atoms with Gasteiger partial charge in [0.2, 0.25) is 0 Å². The molecule has 0 bridgehead atoms. The average molecular weight is 339 g/mol. The molecular formula is C19H25N5O. The van der Waals surface area contributed by atoms with Crippen molar-refractivity contribution in [3.05, 3.63) is 47.4 Å². The number of piperazine rings is 1. The molecule has 1 amide bonds. The van der Waals surface area contributed by atoms with E-state index in [0.717, 1.165) is 38.3 Å². The summed E-state index contributed by atoms with van der Waals surface area (Å²) in [6, 6.07) is 9.88. The Morgan fingerprint density at radius 3 is 2.60 bits per heavy atom. The van der Waals surface area contributed by atoms with Gasteiger partial charge in [0.25, 0.3) is 5.91 Å². The van der Waals surface area contributed by atoms with Crippen molar-refractivity contribution in [3.8, 4) is 0 Å². The van der Waals surface area contributed by atoms with Crippen molar-refractivity contribution in [3.63, 3.8) is 0 Å². The van der Waals surface area contributed by atoms with Crippen molar-refractivity contribution < 1.29 is 4.79 Å². The second kappa shape index (κ2) is 7.61. The van der Waals surface area contributed by atoms with Gasteiger partial charge in [-0.25, -0.2) is 9.97 Å². The third kappa shape index (κ3) is 4.14. The average Bonchev–Trinajstić information content (AvgIpc) is 2.62. The Morgan fingerprint density at radius 1 is 1.16 bits per heavy atom. The highest BCUT2D eigenvalue weighted by atomic mass is 16.2. The van der Waals surface area contributed by atoms with E-state index in [1.54, 1.807) is 6.07 Å². The number of carbonyl (C=O) groups excluding carboxylic acids is 1. The maximum Gasteiger partial charge on any atom is 0.272 e. The van der Waals surface area contributed by atoms with Crippen molar-refractivity contribution in [2.24, 2.45) is 0 Å². The van der Waals surface area contributed by atoms with E-state index in [1.165, 1.54) is 5.56 Å². The first-order valence-electron chi connectivity index (χ1n) is 8.75. The normalized spacial score (nSPS) is 15.2. The number of rotatable bonds is 4. The zero-order valence-electron chi connectivity index (χ0n) is 15.1. The monoisotopic (exact) mass is 339 g/mol. The number of hydrogen-bond donors (Lipinski definition) is 1. The highest BCUT2D eigenvalue weighted by Gasteiger charge is 2.22. The molecule has 1 aromatic carbocycles. The molecule has 6 heteroatoms. The lowest BCUT2D eigenvalue weighted by molar-refractivity contribution is 0.0658. The van der Waals surface area contributed by atoms with Crippen LogP contribution in [0.4, 0.5) is 11.5 Å². The van der Waals surface area contributed by atoms with Crippen LogP contribution in [0.2, 0.25) is 0 Å². The number of likely N-dealkylation sites (N-methyl/N-ethyl adjacent to an activating group) is 1. The molecule has 0 saturated carbocycles. The molecule has 1 fully saturated rings. The highest BCUT2D eigenvalue weighted by Crippen LogP contribution is 2.21. The third-order valence-electron chi connectivity index (χ3n) is 4.51. The molecule has 132 valence electrons. The summed E-state index contributed by atoms with van der Waals surface area (Å²) in [5.74, 6) is 1.23. The van der Waals surface area contributed by atoms with E-state index in [2.05, 4.69) is 40.2 Å². The molecule has 1 aliphatic heterocycles. The SMILES string of the molecule is CCc1ccccc1Nc1cc(C(=O)N2CCN(C)CC2)nc(C)n1. The number of aryl methyl sites for hydroxylation is 2. The Labute approximate surface area is 148 Å². The number of nitrogens with one attached hydrogen (secondary N) is 1. The molecule has 0 atom stereocenters.